The van der Waals surface area contributed by atoms with Gasteiger partial charge in [-0.2, -0.15) is 0 Å². The third-order valence-electron chi connectivity index (χ3n) is 2.89. The molecule has 1 aromatic carbocycles. The molecule has 0 bridgehead atoms. The fourth-order valence-electron chi connectivity index (χ4n) is 1.93. The van der Waals surface area contributed by atoms with Crippen LogP contribution in [0.15, 0.2) is 28.7 Å². The van der Waals surface area contributed by atoms with E-state index in [4.69, 9.17) is 0 Å². The zero-order valence-corrected chi connectivity index (χ0v) is 13.8. The number of nitrogens with one attached hydrogen (secondary N) is 1. The van der Waals surface area contributed by atoms with E-state index < -0.39 is 0 Å². The highest BCUT2D eigenvalue weighted by Crippen LogP contribution is 2.19. The van der Waals surface area contributed by atoms with Gasteiger partial charge in [0.25, 0.3) is 0 Å². The van der Waals surface area contributed by atoms with E-state index in [1.54, 1.807) is 6.08 Å². The van der Waals surface area contributed by atoms with Gasteiger partial charge in [0.1, 0.15) is 0 Å². The Morgan fingerprint density at radius 2 is 2.15 bits per heavy atom. The van der Waals surface area contributed by atoms with Gasteiger partial charge in [-0.15, -0.1) is 0 Å². The number of hydrogen-bond acceptors (Lipinski definition) is 2. The predicted octanol–water partition coefficient (Wildman–Crippen LogP) is 3.29. The molecule has 0 saturated heterocycles. The molecular formula is C16H22BrNO2. The molecule has 2 N–H and O–H groups in total. The first-order valence-electron chi connectivity index (χ1n) is 6.78. The van der Waals surface area contributed by atoms with Crippen molar-refractivity contribution in [3.05, 3.63) is 39.9 Å². The summed E-state index contributed by atoms with van der Waals surface area (Å²) in [6.07, 6.45) is 4.03. The summed E-state index contributed by atoms with van der Waals surface area (Å²) in [7, 11) is 0. The fourth-order valence-corrected chi connectivity index (χ4v) is 2.56. The van der Waals surface area contributed by atoms with Gasteiger partial charge in [-0.25, -0.2) is 0 Å². The molecule has 0 spiro atoms. The monoisotopic (exact) mass is 339 g/mol. The van der Waals surface area contributed by atoms with Crippen LogP contribution in [0.25, 0.3) is 6.08 Å². The van der Waals surface area contributed by atoms with Crippen LogP contribution in [0.3, 0.4) is 0 Å². The normalized spacial score (nSPS) is 12.9. The van der Waals surface area contributed by atoms with Gasteiger partial charge >= 0.3 is 0 Å². The van der Waals surface area contributed by atoms with Gasteiger partial charge in [0.05, 0.1) is 12.6 Å². The highest BCUT2D eigenvalue weighted by molar-refractivity contribution is 9.10. The molecule has 1 atom stereocenters. The Kier molecular flexibility index (Phi) is 6.96. The second kappa shape index (κ2) is 8.22. The van der Waals surface area contributed by atoms with Crippen LogP contribution < -0.4 is 5.32 Å². The zero-order chi connectivity index (χ0) is 15.1. The molecule has 20 heavy (non-hydrogen) atoms. The molecule has 1 rings (SSSR count). The summed E-state index contributed by atoms with van der Waals surface area (Å²) in [4.78, 5) is 11.8. The molecule has 0 heterocycles. The van der Waals surface area contributed by atoms with Gasteiger partial charge in [-0.05, 0) is 42.5 Å². The summed E-state index contributed by atoms with van der Waals surface area (Å²) >= 11 is 3.47. The van der Waals surface area contributed by atoms with Crippen molar-refractivity contribution in [2.24, 2.45) is 5.92 Å². The number of benzene rings is 1. The molecule has 0 aliphatic carbocycles. The Labute approximate surface area is 129 Å². The van der Waals surface area contributed by atoms with Crippen LogP contribution in [-0.4, -0.2) is 23.7 Å². The average Bonchev–Trinajstić information content (AvgIpc) is 2.36. The Balaban J connectivity index is 2.62. The first kappa shape index (κ1) is 16.9. The number of rotatable bonds is 6. The Bertz CT molecular complexity index is 483. The van der Waals surface area contributed by atoms with E-state index in [-0.39, 0.29) is 18.6 Å². The maximum Gasteiger partial charge on any atom is 0.244 e. The minimum atomic E-state index is -0.186. The number of carbonyl (C=O) groups excluding carboxylic acids is 1. The Morgan fingerprint density at radius 3 is 2.70 bits per heavy atom. The van der Waals surface area contributed by atoms with E-state index in [2.05, 4.69) is 35.1 Å². The van der Waals surface area contributed by atoms with Crippen molar-refractivity contribution in [3.63, 3.8) is 0 Å². The first-order chi connectivity index (χ1) is 9.42. The first-order valence-corrected chi connectivity index (χ1v) is 7.57. The number of carbonyl (C=O) groups is 1. The summed E-state index contributed by atoms with van der Waals surface area (Å²) in [6.45, 7) is 6.11. The van der Waals surface area contributed by atoms with E-state index in [0.29, 0.717) is 5.92 Å². The number of aliphatic hydroxyl groups is 1. The molecule has 0 fully saturated rings. The quantitative estimate of drug-likeness (QED) is 0.781. The van der Waals surface area contributed by atoms with Crippen molar-refractivity contribution < 1.29 is 9.90 Å². The molecule has 1 amide bonds. The lowest BCUT2D eigenvalue weighted by Crippen LogP contribution is -2.37. The van der Waals surface area contributed by atoms with Crippen LogP contribution in [0.5, 0.6) is 0 Å². The largest absolute Gasteiger partial charge is 0.394 e. The van der Waals surface area contributed by atoms with Crippen molar-refractivity contribution >= 4 is 27.9 Å². The molecule has 0 saturated carbocycles. The molecule has 0 aliphatic heterocycles. The fraction of sp³-hybridized carbons (Fsp3) is 0.438. The van der Waals surface area contributed by atoms with Crippen molar-refractivity contribution in [1.82, 2.24) is 5.32 Å². The molecule has 110 valence electrons. The number of halogens is 1. The van der Waals surface area contributed by atoms with Crippen LogP contribution in [0.4, 0.5) is 0 Å². The Hall–Kier alpha value is -1.13. The molecular weight excluding hydrogens is 318 g/mol. The predicted molar refractivity (Wildman–Crippen MR) is 86.4 cm³/mol. The summed E-state index contributed by atoms with van der Waals surface area (Å²) in [5.74, 6) is 0.250. The highest BCUT2D eigenvalue weighted by atomic mass is 79.9. The van der Waals surface area contributed by atoms with Gasteiger partial charge in [0, 0.05) is 10.5 Å². The Morgan fingerprint density at radius 1 is 1.45 bits per heavy atom. The van der Waals surface area contributed by atoms with Crippen LogP contribution in [0.1, 0.15) is 31.4 Å². The standard InChI is InChI=1S/C16H22BrNO2/c1-11(2)8-14(10-19)18-16(20)7-6-13-5-4-12(3)9-15(13)17/h4-7,9,11,14,19H,8,10H2,1-3H3,(H,18,20)/b7-6+. The van der Waals surface area contributed by atoms with E-state index in [9.17, 15) is 9.90 Å². The summed E-state index contributed by atoms with van der Waals surface area (Å²) < 4.78 is 0.961. The second-order valence-electron chi connectivity index (χ2n) is 5.38. The highest BCUT2D eigenvalue weighted by Gasteiger charge is 2.11. The van der Waals surface area contributed by atoms with Crippen LogP contribution in [-0.2, 0) is 4.79 Å². The van der Waals surface area contributed by atoms with Crippen molar-refractivity contribution in [1.29, 1.82) is 0 Å². The third kappa shape index (κ3) is 5.88. The molecule has 0 aliphatic rings. The molecule has 4 heteroatoms. The minimum absolute atomic E-state index is 0.0357. The molecule has 1 aromatic rings. The summed E-state index contributed by atoms with van der Waals surface area (Å²) in [5, 5.41) is 12.0. The minimum Gasteiger partial charge on any atom is -0.394 e. The number of aryl methyl sites for hydroxylation is 1. The molecule has 0 radical (unpaired) electrons. The zero-order valence-electron chi connectivity index (χ0n) is 12.2. The van der Waals surface area contributed by atoms with Crippen molar-refractivity contribution in [2.75, 3.05) is 6.61 Å². The van der Waals surface area contributed by atoms with Crippen LogP contribution in [0, 0.1) is 12.8 Å². The van der Waals surface area contributed by atoms with Gasteiger partial charge in [-0.1, -0.05) is 41.9 Å². The maximum absolute atomic E-state index is 11.8. The van der Waals surface area contributed by atoms with Crippen molar-refractivity contribution in [2.45, 2.75) is 33.2 Å². The van der Waals surface area contributed by atoms with E-state index in [1.165, 1.54) is 6.08 Å². The van der Waals surface area contributed by atoms with Crippen LogP contribution >= 0.6 is 15.9 Å². The van der Waals surface area contributed by atoms with Gasteiger partial charge < -0.3 is 10.4 Å². The lowest BCUT2D eigenvalue weighted by atomic mass is 10.0. The maximum atomic E-state index is 11.8. The lowest BCUT2D eigenvalue weighted by molar-refractivity contribution is -0.117. The smallest absolute Gasteiger partial charge is 0.244 e. The number of hydrogen-bond donors (Lipinski definition) is 2. The summed E-state index contributed by atoms with van der Waals surface area (Å²) in [6, 6.07) is 5.78. The van der Waals surface area contributed by atoms with E-state index in [1.807, 2.05) is 25.1 Å². The molecule has 1 unspecified atom stereocenters. The third-order valence-corrected chi connectivity index (χ3v) is 3.58. The SMILES string of the molecule is Cc1ccc(/C=C/C(=O)NC(CO)CC(C)C)c(Br)c1. The van der Waals surface area contributed by atoms with Crippen LogP contribution in [0.2, 0.25) is 0 Å². The number of amides is 1. The van der Waals surface area contributed by atoms with E-state index >= 15 is 0 Å². The molecule has 0 aromatic heterocycles. The second-order valence-corrected chi connectivity index (χ2v) is 6.23. The van der Waals surface area contributed by atoms with Gasteiger partial charge in [0.2, 0.25) is 5.91 Å². The van der Waals surface area contributed by atoms with Gasteiger partial charge in [-0.3, -0.25) is 4.79 Å². The van der Waals surface area contributed by atoms with Crippen molar-refractivity contribution in [3.8, 4) is 0 Å². The van der Waals surface area contributed by atoms with Gasteiger partial charge in [0.15, 0.2) is 0 Å². The summed E-state index contributed by atoms with van der Waals surface area (Å²) in [5.41, 5.74) is 2.12. The average molecular weight is 340 g/mol. The molecule has 3 nitrogen and oxygen atoms in total. The topological polar surface area (TPSA) is 49.3 Å². The lowest BCUT2D eigenvalue weighted by Gasteiger charge is -2.17. The van der Waals surface area contributed by atoms with E-state index in [0.717, 1.165) is 22.0 Å². The number of aliphatic hydroxyl groups excluding tert-OH is 1.